The van der Waals surface area contributed by atoms with Gasteiger partial charge in [0.2, 0.25) is 5.91 Å². The lowest BCUT2D eigenvalue weighted by atomic mass is 10.0. The zero-order valence-electron chi connectivity index (χ0n) is 39.6. The van der Waals surface area contributed by atoms with Crippen molar-refractivity contribution < 1.29 is 20.1 Å². The summed E-state index contributed by atoms with van der Waals surface area (Å²) in [4.78, 5) is 12.5. The van der Waals surface area contributed by atoms with E-state index in [2.05, 4.69) is 43.5 Å². The van der Waals surface area contributed by atoms with E-state index in [1.165, 1.54) is 212 Å². The number of unbranched alkanes of at least 4 members (excludes halogenated alkanes) is 35. The molecule has 0 rings (SSSR count). The van der Waals surface area contributed by atoms with E-state index in [4.69, 9.17) is 0 Å². The van der Waals surface area contributed by atoms with E-state index in [1.54, 1.807) is 6.08 Å². The lowest BCUT2D eigenvalue weighted by Crippen LogP contribution is -2.45. The van der Waals surface area contributed by atoms with Crippen molar-refractivity contribution in [3.63, 3.8) is 0 Å². The van der Waals surface area contributed by atoms with Gasteiger partial charge in [-0.1, -0.05) is 262 Å². The molecule has 0 saturated carbocycles. The summed E-state index contributed by atoms with van der Waals surface area (Å²) < 4.78 is 0. The molecule has 0 aliphatic rings. The largest absolute Gasteiger partial charge is 0.394 e. The topological polar surface area (TPSA) is 89.8 Å². The number of aliphatic hydroxyl groups excluding tert-OH is 3. The minimum Gasteiger partial charge on any atom is -0.394 e. The van der Waals surface area contributed by atoms with Crippen LogP contribution in [0.3, 0.4) is 0 Å². The molecule has 0 fully saturated rings. The third-order valence-electron chi connectivity index (χ3n) is 12.2. The molecule has 0 aromatic carbocycles. The highest BCUT2D eigenvalue weighted by molar-refractivity contribution is 5.76. The molecule has 0 aliphatic carbocycles. The van der Waals surface area contributed by atoms with E-state index in [1.807, 2.05) is 6.08 Å². The fourth-order valence-electron chi connectivity index (χ4n) is 8.20. The minimum atomic E-state index is -0.929. The van der Waals surface area contributed by atoms with E-state index < -0.39 is 18.2 Å². The Balaban J connectivity index is 3.58. The van der Waals surface area contributed by atoms with Crippen LogP contribution in [0.1, 0.15) is 277 Å². The number of nitrogens with one attached hydrogen (secondary N) is 1. The Labute approximate surface area is 368 Å². The van der Waals surface area contributed by atoms with Crippen LogP contribution in [-0.4, -0.2) is 46.1 Å². The SMILES string of the molecule is CC/C=C\C/C=C\CCCCCCCCCCCCCCC(O)CC(=O)NC(CO)C(O)/C=C/CCCCCCCCCCCCCCCCCCCCCCCCC. The molecule has 348 valence electrons. The number of allylic oxidation sites excluding steroid dienone is 5. The molecule has 0 bridgehead atoms. The van der Waals surface area contributed by atoms with Gasteiger partial charge in [0.05, 0.1) is 31.3 Å². The average molecular weight is 830 g/mol. The van der Waals surface area contributed by atoms with Crippen LogP contribution in [0.25, 0.3) is 0 Å². The first-order valence-electron chi connectivity index (χ1n) is 26.3. The van der Waals surface area contributed by atoms with Crippen molar-refractivity contribution in [3.8, 4) is 0 Å². The zero-order valence-corrected chi connectivity index (χ0v) is 39.6. The molecule has 59 heavy (non-hydrogen) atoms. The normalized spacial score (nSPS) is 13.6. The second-order valence-corrected chi connectivity index (χ2v) is 18.1. The maximum atomic E-state index is 12.5. The van der Waals surface area contributed by atoms with Crippen LogP contribution in [0, 0.1) is 0 Å². The van der Waals surface area contributed by atoms with Gasteiger partial charge in [-0.3, -0.25) is 4.79 Å². The van der Waals surface area contributed by atoms with Crippen LogP contribution < -0.4 is 5.32 Å². The molecule has 5 heteroatoms. The van der Waals surface area contributed by atoms with Gasteiger partial charge in [0.1, 0.15) is 0 Å². The third-order valence-corrected chi connectivity index (χ3v) is 12.2. The first-order chi connectivity index (χ1) is 29.0. The number of hydrogen-bond acceptors (Lipinski definition) is 4. The second kappa shape index (κ2) is 49.2. The van der Waals surface area contributed by atoms with Gasteiger partial charge in [0.15, 0.2) is 0 Å². The fourth-order valence-corrected chi connectivity index (χ4v) is 8.20. The van der Waals surface area contributed by atoms with Crippen molar-refractivity contribution in [1.82, 2.24) is 5.32 Å². The molecule has 3 atom stereocenters. The summed E-state index contributed by atoms with van der Waals surface area (Å²) in [6.07, 6.45) is 63.2. The summed E-state index contributed by atoms with van der Waals surface area (Å²) in [6, 6.07) is -0.745. The van der Waals surface area contributed by atoms with Gasteiger partial charge >= 0.3 is 0 Å². The molecular weight excluding hydrogens is 727 g/mol. The molecule has 0 radical (unpaired) electrons. The molecule has 0 heterocycles. The summed E-state index contributed by atoms with van der Waals surface area (Å²) in [5.74, 6) is -0.314. The Hall–Kier alpha value is -1.43. The Kier molecular flexibility index (Phi) is 48.0. The highest BCUT2D eigenvalue weighted by atomic mass is 16.3. The molecular formula is C54H103NO4. The van der Waals surface area contributed by atoms with Crippen LogP contribution in [0.4, 0.5) is 0 Å². The Morgan fingerprint density at radius 2 is 0.814 bits per heavy atom. The third kappa shape index (κ3) is 45.9. The standard InChI is InChI=1S/C54H103NO4/c1-3-5-7-9-11-13-15-17-19-21-23-24-25-26-27-28-30-32-34-36-38-40-42-44-46-48-53(58)52(50-56)55-54(59)49-51(57)47-45-43-41-39-37-35-33-31-29-22-20-18-16-14-12-10-8-6-4-2/h6,8,12,14,46,48,51-53,56-58H,3-5,7,9-11,13,15-45,47,49-50H2,1-2H3,(H,55,59)/b8-6-,14-12-,48-46+. The highest BCUT2D eigenvalue weighted by Crippen LogP contribution is 2.17. The van der Waals surface area contributed by atoms with Crippen molar-refractivity contribution in [2.45, 2.75) is 295 Å². The van der Waals surface area contributed by atoms with Crippen LogP contribution >= 0.6 is 0 Å². The lowest BCUT2D eigenvalue weighted by molar-refractivity contribution is -0.124. The number of hydrogen-bond donors (Lipinski definition) is 4. The Morgan fingerprint density at radius 3 is 1.20 bits per heavy atom. The van der Waals surface area contributed by atoms with Crippen molar-refractivity contribution in [3.05, 3.63) is 36.5 Å². The molecule has 0 aromatic heterocycles. The maximum Gasteiger partial charge on any atom is 0.222 e. The molecule has 4 N–H and O–H groups in total. The molecule has 0 saturated heterocycles. The number of carbonyl (C=O) groups excluding carboxylic acids is 1. The summed E-state index contributed by atoms with van der Waals surface area (Å²) in [6.45, 7) is 4.14. The van der Waals surface area contributed by atoms with Crippen molar-refractivity contribution in [2.75, 3.05) is 6.61 Å². The summed E-state index contributed by atoms with van der Waals surface area (Å²) in [5.41, 5.74) is 0. The van der Waals surface area contributed by atoms with Gasteiger partial charge < -0.3 is 20.6 Å². The highest BCUT2D eigenvalue weighted by Gasteiger charge is 2.20. The number of amides is 1. The van der Waals surface area contributed by atoms with E-state index in [0.717, 1.165) is 38.5 Å². The van der Waals surface area contributed by atoms with Crippen molar-refractivity contribution in [1.29, 1.82) is 0 Å². The van der Waals surface area contributed by atoms with Crippen LogP contribution in [-0.2, 0) is 4.79 Å². The molecule has 1 amide bonds. The number of carbonyl (C=O) groups is 1. The van der Waals surface area contributed by atoms with E-state index >= 15 is 0 Å². The van der Waals surface area contributed by atoms with Crippen molar-refractivity contribution >= 4 is 5.91 Å². The Morgan fingerprint density at radius 1 is 0.458 bits per heavy atom. The van der Waals surface area contributed by atoms with Gasteiger partial charge in [-0.15, -0.1) is 0 Å². The predicted octanol–water partition coefficient (Wildman–Crippen LogP) is 15.9. The maximum absolute atomic E-state index is 12.5. The zero-order chi connectivity index (χ0) is 43.0. The molecule has 5 nitrogen and oxygen atoms in total. The van der Waals surface area contributed by atoms with Gasteiger partial charge in [-0.2, -0.15) is 0 Å². The van der Waals surface area contributed by atoms with Crippen molar-refractivity contribution in [2.24, 2.45) is 0 Å². The predicted molar refractivity (Wildman–Crippen MR) is 259 cm³/mol. The number of rotatable bonds is 48. The molecule has 0 aliphatic heterocycles. The summed E-state index contributed by atoms with van der Waals surface area (Å²) >= 11 is 0. The summed E-state index contributed by atoms with van der Waals surface area (Å²) in [5, 5.41) is 33.4. The van der Waals surface area contributed by atoms with Crippen LogP contribution in [0.15, 0.2) is 36.5 Å². The molecule has 3 unspecified atom stereocenters. The summed E-state index contributed by atoms with van der Waals surface area (Å²) in [7, 11) is 0. The van der Waals surface area contributed by atoms with E-state index in [9.17, 15) is 20.1 Å². The fraction of sp³-hybridized carbons (Fsp3) is 0.870. The van der Waals surface area contributed by atoms with Gasteiger partial charge in [-0.25, -0.2) is 0 Å². The Bertz CT molecular complexity index is 916. The van der Waals surface area contributed by atoms with E-state index in [-0.39, 0.29) is 18.9 Å². The minimum absolute atomic E-state index is 0.0137. The lowest BCUT2D eigenvalue weighted by Gasteiger charge is -2.21. The van der Waals surface area contributed by atoms with E-state index in [0.29, 0.717) is 6.42 Å². The smallest absolute Gasteiger partial charge is 0.222 e. The van der Waals surface area contributed by atoms with Gasteiger partial charge in [-0.05, 0) is 44.9 Å². The van der Waals surface area contributed by atoms with Gasteiger partial charge in [0, 0.05) is 0 Å². The second-order valence-electron chi connectivity index (χ2n) is 18.1. The van der Waals surface area contributed by atoms with Gasteiger partial charge in [0.25, 0.3) is 0 Å². The quantitative estimate of drug-likeness (QED) is 0.0363. The average Bonchev–Trinajstić information content (AvgIpc) is 3.23. The monoisotopic (exact) mass is 830 g/mol. The first-order valence-corrected chi connectivity index (χ1v) is 26.3. The molecule has 0 spiro atoms. The number of aliphatic hydroxyl groups is 3. The van der Waals surface area contributed by atoms with Crippen LogP contribution in [0.2, 0.25) is 0 Å². The molecule has 0 aromatic rings. The van der Waals surface area contributed by atoms with Crippen LogP contribution in [0.5, 0.6) is 0 Å². The first kappa shape index (κ1) is 57.6.